The number of benzene rings is 2. The number of hydrogen-bond acceptors (Lipinski definition) is 4. The minimum absolute atomic E-state index is 0.161. The summed E-state index contributed by atoms with van der Waals surface area (Å²) in [6.45, 7) is 1.91. The minimum Gasteiger partial charge on any atom is -0.493 e. The molecule has 1 N–H and O–H groups in total. The second-order valence-electron chi connectivity index (χ2n) is 5.42. The van der Waals surface area contributed by atoms with E-state index in [1.165, 1.54) is 0 Å². The maximum absolute atomic E-state index is 12.4. The number of aryl methyl sites for hydroxylation is 1. The van der Waals surface area contributed by atoms with Crippen molar-refractivity contribution in [2.75, 3.05) is 38.5 Å². The third-order valence-electron chi connectivity index (χ3n) is 3.62. The molecule has 0 aliphatic heterocycles. The van der Waals surface area contributed by atoms with Crippen molar-refractivity contribution >= 4 is 17.3 Å². The molecule has 2 aromatic carbocycles. The first-order valence-corrected chi connectivity index (χ1v) is 7.27. The maximum Gasteiger partial charge on any atom is 0.255 e. The average molecular weight is 314 g/mol. The van der Waals surface area contributed by atoms with E-state index in [2.05, 4.69) is 5.32 Å². The van der Waals surface area contributed by atoms with E-state index in [4.69, 9.17) is 9.47 Å². The van der Waals surface area contributed by atoms with E-state index in [1.54, 1.807) is 32.4 Å². The van der Waals surface area contributed by atoms with E-state index < -0.39 is 0 Å². The first-order valence-electron chi connectivity index (χ1n) is 7.27. The largest absolute Gasteiger partial charge is 0.493 e. The van der Waals surface area contributed by atoms with Gasteiger partial charge in [-0.3, -0.25) is 4.79 Å². The van der Waals surface area contributed by atoms with E-state index in [1.807, 2.05) is 44.1 Å². The fourth-order valence-electron chi connectivity index (χ4n) is 2.22. The van der Waals surface area contributed by atoms with Crippen molar-refractivity contribution in [3.05, 3.63) is 47.5 Å². The Balaban J connectivity index is 2.22. The Morgan fingerprint density at radius 2 is 1.57 bits per heavy atom. The summed E-state index contributed by atoms with van der Waals surface area (Å²) < 4.78 is 10.5. The Morgan fingerprint density at radius 1 is 1.00 bits per heavy atom. The van der Waals surface area contributed by atoms with Crippen LogP contribution in [-0.2, 0) is 0 Å². The Morgan fingerprint density at radius 3 is 2.09 bits per heavy atom. The van der Waals surface area contributed by atoms with Gasteiger partial charge in [-0.25, -0.2) is 0 Å². The van der Waals surface area contributed by atoms with Crippen molar-refractivity contribution in [1.82, 2.24) is 0 Å². The van der Waals surface area contributed by atoms with E-state index in [0.29, 0.717) is 22.7 Å². The lowest BCUT2D eigenvalue weighted by Crippen LogP contribution is -2.14. The number of hydrogen-bond donors (Lipinski definition) is 1. The number of methoxy groups -OCH3 is 2. The van der Waals surface area contributed by atoms with Gasteiger partial charge in [-0.2, -0.15) is 0 Å². The summed E-state index contributed by atoms with van der Waals surface area (Å²) in [5.74, 6) is 1.06. The normalized spacial score (nSPS) is 10.1. The highest BCUT2D eigenvalue weighted by molar-refractivity contribution is 6.05. The number of carbonyl (C=O) groups is 1. The zero-order valence-corrected chi connectivity index (χ0v) is 14.1. The summed E-state index contributed by atoms with van der Waals surface area (Å²) in [6.07, 6.45) is 0. The number of nitrogens with zero attached hydrogens (tertiary/aromatic N) is 1. The summed E-state index contributed by atoms with van der Waals surface area (Å²) >= 11 is 0. The number of anilines is 2. The van der Waals surface area contributed by atoms with Crippen molar-refractivity contribution in [3.63, 3.8) is 0 Å². The van der Waals surface area contributed by atoms with E-state index >= 15 is 0 Å². The second kappa shape index (κ2) is 7.05. The maximum atomic E-state index is 12.4. The molecule has 0 heterocycles. The third kappa shape index (κ3) is 3.74. The van der Waals surface area contributed by atoms with Gasteiger partial charge in [0.05, 0.1) is 14.2 Å². The standard InChI is InChI=1S/C18H22N2O3/c1-12-10-16(22-4)17(23-5)11-15(12)19-18(21)13-6-8-14(9-7-13)20(2)3/h6-11H,1-5H3,(H,19,21). The highest BCUT2D eigenvalue weighted by Crippen LogP contribution is 2.33. The van der Waals surface area contributed by atoms with E-state index in [-0.39, 0.29) is 5.91 Å². The van der Waals surface area contributed by atoms with Gasteiger partial charge in [-0.15, -0.1) is 0 Å². The molecule has 0 aliphatic carbocycles. The van der Waals surface area contributed by atoms with Gasteiger partial charge < -0.3 is 19.7 Å². The molecule has 5 heteroatoms. The first kappa shape index (κ1) is 16.7. The topological polar surface area (TPSA) is 50.8 Å². The van der Waals surface area contributed by atoms with Gasteiger partial charge in [0, 0.05) is 37.1 Å². The first-order chi connectivity index (χ1) is 11.0. The fraction of sp³-hybridized carbons (Fsp3) is 0.278. The number of carbonyl (C=O) groups excluding carboxylic acids is 1. The molecule has 0 unspecified atom stereocenters. The third-order valence-corrected chi connectivity index (χ3v) is 3.62. The molecule has 2 rings (SSSR count). The zero-order valence-electron chi connectivity index (χ0n) is 14.1. The molecule has 0 aromatic heterocycles. The molecule has 0 saturated carbocycles. The molecule has 0 radical (unpaired) electrons. The Bertz CT molecular complexity index is 694. The second-order valence-corrected chi connectivity index (χ2v) is 5.42. The highest BCUT2D eigenvalue weighted by Gasteiger charge is 2.12. The van der Waals surface area contributed by atoms with Crippen molar-refractivity contribution < 1.29 is 14.3 Å². The smallest absolute Gasteiger partial charge is 0.255 e. The lowest BCUT2D eigenvalue weighted by Gasteiger charge is -2.15. The number of nitrogens with one attached hydrogen (secondary N) is 1. The molecule has 0 atom stereocenters. The molecular formula is C18H22N2O3. The summed E-state index contributed by atoms with van der Waals surface area (Å²) in [5.41, 5.74) is 3.25. The van der Waals surface area contributed by atoms with Crippen molar-refractivity contribution in [1.29, 1.82) is 0 Å². The van der Waals surface area contributed by atoms with Crippen molar-refractivity contribution in [2.45, 2.75) is 6.92 Å². The van der Waals surface area contributed by atoms with Crippen LogP contribution in [0.3, 0.4) is 0 Å². The quantitative estimate of drug-likeness (QED) is 0.920. The predicted octanol–water partition coefficient (Wildman–Crippen LogP) is 3.33. The van der Waals surface area contributed by atoms with Gasteiger partial charge in [-0.05, 0) is 42.8 Å². The van der Waals surface area contributed by atoms with Crippen molar-refractivity contribution in [3.8, 4) is 11.5 Å². The van der Waals surface area contributed by atoms with Gasteiger partial charge in [0.15, 0.2) is 11.5 Å². The monoisotopic (exact) mass is 314 g/mol. The SMILES string of the molecule is COc1cc(C)c(NC(=O)c2ccc(N(C)C)cc2)cc1OC. The fourth-order valence-corrected chi connectivity index (χ4v) is 2.22. The Hall–Kier alpha value is -2.69. The summed E-state index contributed by atoms with van der Waals surface area (Å²) in [4.78, 5) is 14.4. The van der Waals surface area contributed by atoms with Crippen LogP contribution in [-0.4, -0.2) is 34.2 Å². The van der Waals surface area contributed by atoms with Crippen LogP contribution in [0.4, 0.5) is 11.4 Å². The summed E-state index contributed by atoms with van der Waals surface area (Å²) in [7, 11) is 7.07. The van der Waals surface area contributed by atoms with Crippen LogP contribution in [0.15, 0.2) is 36.4 Å². The zero-order chi connectivity index (χ0) is 17.0. The van der Waals surface area contributed by atoms with Crippen LogP contribution >= 0.6 is 0 Å². The molecule has 122 valence electrons. The molecule has 5 nitrogen and oxygen atoms in total. The molecule has 0 saturated heterocycles. The van der Waals surface area contributed by atoms with Gasteiger partial charge in [0.2, 0.25) is 0 Å². The van der Waals surface area contributed by atoms with Gasteiger partial charge in [0.1, 0.15) is 0 Å². The highest BCUT2D eigenvalue weighted by atomic mass is 16.5. The number of rotatable bonds is 5. The lowest BCUT2D eigenvalue weighted by atomic mass is 10.1. The molecule has 0 aliphatic rings. The average Bonchev–Trinajstić information content (AvgIpc) is 2.56. The van der Waals surface area contributed by atoms with Crippen molar-refractivity contribution in [2.24, 2.45) is 0 Å². The van der Waals surface area contributed by atoms with Gasteiger partial charge >= 0.3 is 0 Å². The number of amides is 1. The molecule has 0 bridgehead atoms. The molecule has 0 spiro atoms. The van der Waals surface area contributed by atoms with E-state index in [0.717, 1.165) is 11.3 Å². The Labute approximate surface area is 136 Å². The summed E-state index contributed by atoms with van der Waals surface area (Å²) in [6, 6.07) is 11.0. The molecule has 1 amide bonds. The molecule has 0 fully saturated rings. The Kier molecular flexibility index (Phi) is 5.11. The molecule has 23 heavy (non-hydrogen) atoms. The van der Waals surface area contributed by atoms with Gasteiger partial charge in [-0.1, -0.05) is 0 Å². The van der Waals surface area contributed by atoms with E-state index in [9.17, 15) is 4.79 Å². The molecular weight excluding hydrogens is 292 g/mol. The van der Waals surface area contributed by atoms with Crippen LogP contribution in [0.1, 0.15) is 15.9 Å². The minimum atomic E-state index is -0.161. The summed E-state index contributed by atoms with van der Waals surface area (Å²) in [5, 5.41) is 2.91. The van der Waals surface area contributed by atoms with Crippen LogP contribution in [0.5, 0.6) is 11.5 Å². The van der Waals surface area contributed by atoms with Crippen LogP contribution in [0.25, 0.3) is 0 Å². The molecule has 2 aromatic rings. The van der Waals surface area contributed by atoms with Crippen LogP contribution in [0.2, 0.25) is 0 Å². The van der Waals surface area contributed by atoms with Crippen LogP contribution in [0, 0.1) is 6.92 Å². The van der Waals surface area contributed by atoms with Gasteiger partial charge in [0.25, 0.3) is 5.91 Å². The number of ether oxygens (including phenoxy) is 2. The van der Waals surface area contributed by atoms with Crippen LogP contribution < -0.4 is 19.7 Å². The predicted molar refractivity (Wildman–Crippen MR) is 93.0 cm³/mol. The lowest BCUT2D eigenvalue weighted by molar-refractivity contribution is 0.102.